The molecule has 4 nitrogen and oxygen atoms in total. The summed E-state index contributed by atoms with van der Waals surface area (Å²) >= 11 is 0. The summed E-state index contributed by atoms with van der Waals surface area (Å²) in [5, 5.41) is 23.0. The lowest BCUT2D eigenvalue weighted by Crippen LogP contribution is -2.30. The number of aliphatic hydroxyl groups is 3. The Morgan fingerprint density at radius 1 is 1.43 bits per heavy atom. The second-order valence-electron chi connectivity index (χ2n) is 0.827. The Kier molecular flexibility index (Phi) is 2.10. The van der Waals surface area contributed by atoms with Crippen LogP contribution in [0.1, 0.15) is 0 Å². The van der Waals surface area contributed by atoms with Crippen molar-refractivity contribution in [2.45, 2.75) is 6.16 Å². The molecule has 0 aliphatic heterocycles. The molecule has 0 saturated heterocycles. The molecule has 0 rings (SSSR count). The molecule has 0 spiro atoms. The summed E-state index contributed by atoms with van der Waals surface area (Å²) in [6.45, 7) is -1.44. The van der Waals surface area contributed by atoms with E-state index in [1.54, 1.807) is 0 Å². The van der Waals surface area contributed by atoms with Crippen LogP contribution in [0.15, 0.2) is 0 Å². The fourth-order valence-electron chi connectivity index (χ4n) is 0.0732. The maximum atomic E-state index is 10.8. The van der Waals surface area contributed by atoms with Crippen molar-refractivity contribution < 1.29 is 24.4 Å². The summed E-state index contributed by atoms with van der Waals surface area (Å²) in [6, 6.07) is 0. The molecule has 0 aromatic heterocycles. The normalized spacial score (nSPS) is 12.0. The zero-order valence-corrected chi connectivity index (χ0v) is 3.33. The van der Waals surface area contributed by atoms with E-state index in [-0.39, 0.29) is 0 Å². The van der Waals surface area contributed by atoms with Gasteiger partial charge < -0.3 is 15.3 Å². The summed E-state index contributed by atoms with van der Waals surface area (Å²) in [5.74, 6) is 0. The summed E-state index contributed by atoms with van der Waals surface area (Å²) in [6.07, 6.45) is -3.32. The third-order valence-corrected chi connectivity index (χ3v) is 0.248. The second-order valence-corrected chi connectivity index (χ2v) is 0.827. The van der Waals surface area contributed by atoms with Crippen LogP contribution in [0.4, 0.5) is 4.39 Å². The average Bonchev–Trinajstić information content (AvgIpc) is 1.30. The molecule has 0 aromatic carbocycles. The van der Waals surface area contributed by atoms with E-state index in [9.17, 15) is 4.39 Å². The predicted molar refractivity (Wildman–Crippen MR) is 16.4 cm³/mol. The molecule has 7 heavy (non-hydrogen) atoms. The first-order valence-corrected chi connectivity index (χ1v) is 1.43. The van der Waals surface area contributed by atoms with Crippen molar-refractivity contribution in [3.63, 3.8) is 0 Å². The number of rotatable bonds is 2. The van der Waals surface area contributed by atoms with Crippen LogP contribution in [0, 0.1) is 0 Å². The smallest absolute Gasteiger partial charge is 0.319 e. The van der Waals surface area contributed by atoms with E-state index in [2.05, 4.69) is 4.74 Å². The lowest BCUT2D eigenvalue weighted by atomic mass is 11.1. The first-order chi connectivity index (χ1) is 3.06. The fraction of sp³-hybridized carbons (Fsp3) is 1.00. The van der Waals surface area contributed by atoms with Gasteiger partial charge in [0.25, 0.3) is 0 Å². The molecule has 0 fully saturated rings. The molecule has 0 aromatic rings. The van der Waals surface area contributed by atoms with E-state index >= 15 is 0 Å². The minimum Gasteiger partial charge on any atom is -0.319 e. The van der Waals surface area contributed by atoms with Gasteiger partial charge in [-0.15, -0.1) is 0 Å². The van der Waals surface area contributed by atoms with Crippen LogP contribution in [-0.2, 0) is 4.74 Å². The van der Waals surface area contributed by atoms with Gasteiger partial charge in [0.2, 0.25) is 0 Å². The number of alkyl halides is 1. The molecule has 0 heterocycles. The first kappa shape index (κ1) is 6.77. The summed E-state index contributed by atoms with van der Waals surface area (Å²) in [7, 11) is 0. The van der Waals surface area contributed by atoms with Crippen LogP contribution in [0.2, 0.25) is 0 Å². The molecule has 0 radical (unpaired) electrons. The monoisotopic (exact) mass is 112 g/mol. The van der Waals surface area contributed by atoms with E-state index in [0.29, 0.717) is 0 Å². The van der Waals surface area contributed by atoms with Crippen molar-refractivity contribution in [3.8, 4) is 0 Å². The molecule has 0 saturated carbocycles. The van der Waals surface area contributed by atoms with Gasteiger partial charge in [-0.3, -0.25) is 4.74 Å². The van der Waals surface area contributed by atoms with Gasteiger partial charge in [0.15, 0.2) is 6.86 Å². The molecule has 0 aliphatic carbocycles. The van der Waals surface area contributed by atoms with Gasteiger partial charge in [-0.25, -0.2) is 4.39 Å². The maximum absolute atomic E-state index is 10.8. The van der Waals surface area contributed by atoms with E-state index < -0.39 is 13.0 Å². The van der Waals surface area contributed by atoms with Crippen LogP contribution < -0.4 is 0 Å². The highest BCUT2D eigenvalue weighted by molar-refractivity contribution is 4.12. The Morgan fingerprint density at radius 2 is 1.86 bits per heavy atom. The predicted octanol–water partition coefficient (Wildman–Crippen LogP) is -1.48. The summed E-state index contributed by atoms with van der Waals surface area (Å²) in [4.78, 5) is 0. The Balaban J connectivity index is 3.15. The van der Waals surface area contributed by atoms with Crippen LogP contribution in [0.25, 0.3) is 0 Å². The Labute approximate surface area is 38.8 Å². The van der Waals surface area contributed by atoms with Crippen molar-refractivity contribution in [3.05, 3.63) is 0 Å². The quantitative estimate of drug-likeness (QED) is 0.381. The van der Waals surface area contributed by atoms with E-state index in [4.69, 9.17) is 15.3 Å². The lowest BCUT2D eigenvalue weighted by molar-refractivity contribution is -0.461. The first-order valence-electron chi connectivity index (χ1n) is 1.43. The average molecular weight is 112 g/mol. The number of hydrogen-bond acceptors (Lipinski definition) is 4. The molecule has 0 aliphatic rings. The highest BCUT2D eigenvalue weighted by Gasteiger charge is 2.17. The van der Waals surface area contributed by atoms with Crippen LogP contribution >= 0.6 is 0 Å². The van der Waals surface area contributed by atoms with Gasteiger partial charge in [-0.05, 0) is 0 Å². The molecule has 0 unspecified atom stereocenters. The number of ether oxygens (including phenoxy) is 1. The van der Waals surface area contributed by atoms with Gasteiger partial charge in [0.05, 0.1) is 0 Å². The van der Waals surface area contributed by atoms with Gasteiger partial charge in [0, 0.05) is 0 Å². The van der Waals surface area contributed by atoms with Crippen molar-refractivity contribution in [2.75, 3.05) is 6.86 Å². The van der Waals surface area contributed by atoms with Crippen LogP contribution in [0.3, 0.4) is 0 Å². The fourth-order valence-corrected chi connectivity index (χ4v) is 0.0732. The van der Waals surface area contributed by atoms with Gasteiger partial charge >= 0.3 is 6.16 Å². The van der Waals surface area contributed by atoms with Gasteiger partial charge in [-0.2, -0.15) is 0 Å². The summed E-state index contributed by atoms with van der Waals surface area (Å²) in [5.41, 5.74) is 0. The number of hydrogen-bond donors (Lipinski definition) is 3. The standard InChI is InChI=1S/C2H5FO4/c3-1-7-2(4,5)6/h4-6H,1H2. The van der Waals surface area contributed by atoms with Crippen LogP contribution in [-0.4, -0.2) is 28.3 Å². The Bertz CT molecular complexity index is 48.1. The zero-order chi connectivity index (χ0) is 5.91. The lowest BCUT2D eigenvalue weighted by Gasteiger charge is -2.09. The molecule has 0 bridgehead atoms. The third kappa shape index (κ3) is 5.77. The summed E-state index contributed by atoms with van der Waals surface area (Å²) < 4.78 is 14.0. The van der Waals surface area contributed by atoms with Crippen LogP contribution in [0.5, 0.6) is 0 Å². The Morgan fingerprint density at radius 3 is 1.86 bits per heavy atom. The highest BCUT2D eigenvalue weighted by Crippen LogP contribution is 1.92. The van der Waals surface area contributed by atoms with Crippen molar-refractivity contribution in [2.24, 2.45) is 0 Å². The SMILES string of the molecule is OC(O)(O)OCF. The topological polar surface area (TPSA) is 69.9 Å². The van der Waals surface area contributed by atoms with Crippen molar-refractivity contribution in [1.29, 1.82) is 0 Å². The van der Waals surface area contributed by atoms with Crippen molar-refractivity contribution in [1.82, 2.24) is 0 Å². The number of halogens is 1. The molecular weight excluding hydrogens is 107 g/mol. The molecule has 0 amide bonds. The molecule has 0 atom stereocenters. The van der Waals surface area contributed by atoms with E-state index in [1.807, 2.05) is 0 Å². The minimum atomic E-state index is -3.32. The highest BCUT2D eigenvalue weighted by atomic mass is 19.1. The van der Waals surface area contributed by atoms with Crippen molar-refractivity contribution >= 4 is 0 Å². The zero-order valence-electron chi connectivity index (χ0n) is 3.33. The van der Waals surface area contributed by atoms with E-state index in [0.717, 1.165) is 0 Å². The molecule has 44 valence electrons. The van der Waals surface area contributed by atoms with E-state index in [1.165, 1.54) is 0 Å². The maximum Gasteiger partial charge on any atom is 0.407 e. The van der Waals surface area contributed by atoms with Gasteiger partial charge in [-0.1, -0.05) is 0 Å². The largest absolute Gasteiger partial charge is 0.407 e. The van der Waals surface area contributed by atoms with Gasteiger partial charge in [0.1, 0.15) is 0 Å². The Hall–Kier alpha value is -0.230. The molecule has 3 N–H and O–H groups in total. The third-order valence-electron chi connectivity index (χ3n) is 0.248. The minimum absolute atomic E-state index is 1.44. The molecular formula is C2H5FO4. The second kappa shape index (κ2) is 2.17. The molecule has 5 heteroatoms.